The number of thiazole rings is 1. The summed E-state index contributed by atoms with van der Waals surface area (Å²) < 4.78 is 0. The number of rotatable bonds is 2. The number of nitrogens with one attached hydrogen (secondary N) is 1. The van der Waals surface area contributed by atoms with Gasteiger partial charge in [0.05, 0.1) is 11.7 Å². The molecule has 0 bridgehead atoms. The molecule has 2 heterocycles. The number of aryl methyl sites for hydroxylation is 2. The van der Waals surface area contributed by atoms with Crippen molar-refractivity contribution in [3.8, 4) is 0 Å². The van der Waals surface area contributed by atoms with Crippen molar-refractivity contribution in [2.75, 3.05) is 18.5 Å². The van der Waals surface area contributed by atoms with Gasteiger partial charge in [0.15, 0.2) is 5.13 Å². The summed E-state index contributed by atoms with van der Waals surface area (Å²) in [5, 5.41) is 4.02. The predicted molar refractivity (Wildman–Crippen MR) is 73.2 cm³/mol. The molecule has 0 saturated carbocycles. The SMILES string of the molecule is CNC1CCCN(c2nc3c(s2)CCCC3)C1=O. The molecule has 1 saturated heterocycles. The molecule has 0 aromatic carbocycles. The number of hydrogen-bond acceptors (Lipinski definition) is 4. The lowest BCUT2D eigenvalue weighted by atomic mass is 10.0. The second kappa shape index (κ2) is 4.97. The van der Waals surface area contributed by atoms with E-state index in [1.807, 2.05) is 11.9 Å². The first-order valence-electron chi connectivity index (χ1n) is 6.77. The van der Waals surface area contributed by atoms with Gasteiger partial charge in [-0.15, -0.1) is 11.3 Å². The van der Waals surface area contributed by atoms with Crippen LogP contribution in [0.2, 0.25) is 0 Å². The van der Waals surface area contributed by atoms with E-state index in [9.17, 15) is 4.79 Å². The van der Waals surface area contributed by atoms with E-state index in [1.54, 1.807) is 11.3 Å². The summed E-state index contributed by atoms with van der Waals surface area (Å²) >= 11 is 1.72. The monoisotopic (exact) mass is 265 g/mol. The third kappa shape index (κ3) is 2.06. The number of aromatic nitrogens is 1. The van der Waals surface area contributed by atoms with Crippen LogP contribution in [0.3, 0.4) is 0 Å². The van der Waals surface area contributed by atoms with Crippen molar-refractivity contribution in [1.29, 1.82) is 0 Å². The lowest BCUT2D eigenvalue weighted by Crippen LogP contribution is -2.49. The molecule has 0 radical (unpaired) electrons. The predicted octanol–water partition coefficient (Wildman–Crippen LogP) is 1.74. The highest BCUT2D eigenvalue weighted by atomic mass is 32.1. The molecule has 5 heteroatoms. The number of likely N-dealkylation sites (N-methyl/N-ethyl adjacent to an activating group) is 1. The third-order valence-electron chi connectivity index (χ3n) is 3.85. The Labute approximate surface area is 111 Å². The molecule has 1 aromatic heterocycles. The van der Waals surface area contributed by atoms with Crippen LogP contribution < -0.4 is 10.2 Å². The topological polar surface area (TPSA) is 45.2 Å². The van der Waals surface area contributed by atoms with Crippen molar-refractivity contribution in [2.45, 2.75) is 44.6 Å². The van der Waals surface area contributed by atoms with Gasteiger partial charge in [0.2, 0.25) is 5.91 Å². The Bertz CT molecular complexity index is 434. The Kier molecular flexibility index (Phi) is 3.35. The summed E-state index contributed by atoms with van der Waals surface area (Å²) in [5.41, 5.74) is 1.24. The fourth-order valence-corrected chi connectivity index (χ4v) is 3.97. The summed E-state index contributed by atoms with van der Waals surface area (Å²) in [5.74, 6) is 0.190. The number of piperidine rings is 1. The molecule has 98 valence electrons. The van der Waals surface area contributed by atoms with Crippen LogP contribution in [-0.4, -0.2) is 30.5 Å². The average Bonchev–Trinajstić information content (AvgIpc) is 2.82. The number of carbonyl (C=O) groups excluding carboxylic acids is 1. The van der Waals surface area contributed by atoms with Crippen LogP contribution in [0.25, 0.3) is 0 Å². The molecular formula is C13H19N3OS. The number of hydrogen-bond donors (Lipinski definition) is 1. The lowest BCUT2D eigenvalue weighted by molar-refractivity contribution is -0.121. The molecule has 0 spiro atoms. The van der Waals surface area contributed by atoms with E-state index in [-0.39, 0.29) is 11.9 Å². The maximum Gasteiger partial charge on any atom is 0.245 e. The molecule has 4 nitrogen and oxygen atoms in total. The molecule has 1 aliphatic carbocycles. The van der Waals surface area contributed by atoms with Crippen LogP contribution in [0.15, 0.2) is 0 Å². The minimum atomic E-state index is -0.0281. The first-order chi connectivity index (χ1) is 8.79. The van der Waals surface area contributed by atoms with E-state index < -0.39 is 0 Å². The van der Waals surface area contributed by atoms with E-state index in [2.05, 4.69) is 10.3 Å². The molecule has 2 aliphatic rings. The average molecular weight is 265 g/mol. The van der Waals surface area contributed by atoms with Crippen molar-refractivity contribution in [2.24, 2.45) is 0 Å². The van der Waals surface area contributed by atoms with Gasteiger partial charge < -0.3 is 5.32 Å². The molecular weight excluding hydrogens is 246 g/mol. The quantitative estimate of drug-likeness (QED) is 0.886. The number of amides is 1. The molecule has 1 aliphatic heterocycles. The molecule has 1 amide bonds. The highest BCUT2D eigenvalue weighted by molar-refractivity contribution is 7.16. The van der Waals surface area contributed by atoms with Crippen LogP contribution in [0.5, 0.6) is 0 Å². The molecule has 18 heavy (non-hydrogen) atoms. The fourth-order valence-electron chi connectivity index (χ4n) is 2.79. The van der Waals surface area contributed by atoms with Gasteiger partial charge in [0.1, 0.15) is 0 Å². The molecule has 1 aromatic rings. The van der Waals surface area contributed by atoms with Crippen molar-refractivity contribution >= 4 is 22.4 Å². The van der Waals surface area contributed by atoms with Gasteiger partial charge in [0, 0.05) is 11.4 Å². The lowest BCUT2D eigenvalue weighted by Gasteiger charge is -2.30. The fraction of sp³-hybridized carbons (Fsp3) is 0.692. The highest BCUT2D eigenvalue weighted by Gasteiger charge is 2.31. The van der Waals surface area contributed by atoms with Crippen LogP contribution in [-0.2, 0) is 17.6 Å². The number of fused-ring (bicyclic) bond motifs is 1. The van der Waals surface area contributed by atoms with Gasteiger partial charge in [-0.1, -0.05) is 0 Å². The van der Waals surface area contributed by atoms with Gasteiger partial charge in [-0.3, -0.25) is 9.69 Å². The van der Waals surface area contributed by atoms with Crippen LogP contribution in [0, 0.1) is 0 Å². The maximum absolute atomic E-state index is 12.3. The van der Waals surface area contributed by atoms with Crippen molar-refractivity contribution in [3.63, 3.8) is 0 Å². The van der Waals surface area contributed by atoms with E-state index in [0.717, 1.165) is 37.4 Å². The zero-order valence-corrected chi connectivity index (χ0v) is 11.6. The Morgan fingerprint density at radius 1 is 1.33 bits per heavy atom. The summed E-state index contributed by atoms with van der Waals surface area (Å²) in [7, 11) is 1.86. The zero-order valence-electron chi connectivity index (χ0n) is 10.7. The standard InChI is InChI=1S/C13H19N3OS/c1-14-10-6-4-8-16(12(10)17)13-15-9-5-2-3-7-11(9)18-13/h10,14H,2-8H2,1H3. The van der Waals surface area contributed by atoms with Gasteiger partial charge in [-0.25, -0.2) is 4.98 Å². The van der Waals surface area contributed by atoms with Crippen molar-refractivity contribution < 1.29 is 4.79 Å². The van der Waals surface area contributed by atoms with Crippen molar-refractivity contribution in [3.05, 3.63) is 10.6 Å². The van der Waals surface area contributed by atoms with E-state index >= 15 is 0 Å². The van der Waals surface area contributed by atoms with Crippen molar-refractivity contribution in [1.82, 2.24) is 10.3 Å². The smallest absolute Gasteiger partial charge is 0.245 e. The van der Waals surface area contributed by atoms with Crippen LogP contribution >= 0.6 is 11.3 Å². The zero-order chi connectivity index (χ0) is 12.5. The second-order valence-corrected chi connectivity index (χ2v) is 6.11. The molecule has 3 rings (SSSR count). The van der Waals surface area contributed by atoms with Gasteiger partial charge >= 0.3 is 0 Å². The second-order valence-electron chi connectivity index (χ2n) is 5.05. The largest absolute Gasteiger partial charge is 0.309 e. The van der Waals surface area contributed by atoms with Crippen LogP contribution in [0.4, 0.5) is 5.13 Å². The first kappa shape index (κ1) is 12.1. The Morgan fingerprint density at radius 2 is 2.17 bits per heavy atom. The Balaban J connectivity index is 1.85. The molecule has 1 N–H and O–H groups in total. The summed E-state index contributed by atoms with van der Waals surface area (Å²) in [6, 6.07) is -0.0281. The van der Waals surface area contributed by atoms with Gasteiger partial charge in [-0.05, 0) is 45.6 Å². The summed E-state index contributed by atoms with van der Waals surface area (Å²) in [4.78, 5) is 20.3. The van der Waals surface area contributed by atoms with Crippen LogP contribution in [0.1, 0.15) is 36.3 Å². The summed E-state index contributed by atoms with van der Waals surface area (Å²) in [6.07, 6.45) is 6.73. The minimum absolute atomic E-state index is 0.0281. The number of carbonyl (C=O) groups is 1. The third-order valence-corrected chi connectivity index (χ3v) is 5.03. The van der Waals surface area contributed by atoms with E-state index in [4.69, 9.17) is 0 Å². The van der Waals surface area contributed by atoms with E-state index in [0.29, 0.717) is 0 Å². The maximum atomic E-state index is 12.3. The number of nitrogens with zero attached hydrogens (tertiary/aromatic N) is 2. The molecule has 1 unspecified atom stereocenters. The van der Waals surface area contributed by atoms with Gasteiger partial charge in [-0.2, -0.15) is 0 Å². The minimum Gasteiger partial charge on any atom is -0.309 e. The normalized spacial score (nSPS) is 24.2. The van der Waals surface area contributed by atoms with E-state index in [1.165, 1.54) is 23.4 Å². The summed E-state index contributed by atoms with van der Waals surface area (Å²) in [6.45, 7) is 0.823. The first-order valence-corrected chi connectivity index (χ1v) is 7.58. The molecule has 1 fully saturated rings. The Hall–Kier alpha value is -0.940. The highest BCUT2D eigenvalue weighted by Crippen LogP contribution is 2.33. The number of anilines is 1. The van der Waals surface area contributed by atoms with Gasteiger partial charge in [0.25, 0.3) is 0 Å². The Morgan fingerprint density at radius 3 is 2.94 bits per heavy atom. The molecule has 1 atom stereocenters.